The molecule has 1 radical (unpaired) electrons. The van der Waals surface area contributed by atoms with Gasteiger partial charge < -0.3 is 0 Å². The second kappa shape index (κ2) is 3.15. The number of halogens is 2. The second-order valence-corrected chi connectivity index (χ2v) is 3.12. The first kappa shape index (κ1) is 7.73. The van der Waals surface area contributed by atoms with Gasteiger partial charge in [-0.2, -0.15) is 0 Å². The number of hydrogen-bond donors (Lipinski definition) is 0. The van der Waals surface area contributed by atoms with Crippen molar-refractivity contribution in [1.29, 1.82) is 0 Å². The van der Waals surface area contributed by atoms with Crippen molar-refractivity contribution < 1.29 is 4.39 Å². The Hall–Kier alpha value is -0.370. The Morgan fingerprint density at radius 2 is 1.80 bits per heavy atom. The summed E-state index contributed by atoms with van der Waals surface area (Å²) in [5.41, 5.74) is 0.987. The average molecular weight is 202 g/mol. The second-order valence-electron chi connectivity index (χ2n) is 2.02. The fraction of sp³-hybridized carbons (Fsp3) is 0.125. The van der Waals surface area contributed by atoms with Crippen LogP contribution in [0.15, 0.2) is 24.3 Å². The van der Waals surface area contributed by atoms with E-state index in [1.165, 1.54) is 12.1 Å². The van der Waals surface area contributed by atoms with Crippen molar-refractivity contribution in [2.24, 2.45) is 0 Å². The Labute approximate surface area is 68.2 Å². The van der Waals surface area contributed by atoms with Crippen molar-refractivity contribution in [2.45, 2.75) is 4.83 Å². The minimum atomic E-state index is -0.211. The first-order chi connectivity index (χ1) is 4.70. The Balaban J connectivity index is 2.89. The molecule has 0 nitrogen and oxygen atoms in total. The lowest BCUT2D eigenvalue weighted by Crippen LogP contribution is -1.82. The average Bonchev–Trinajstić information content (AvgIpc) is 1.88. The van der Waals surface area contributed by atoms with Crippen molar-refractivity contribution in [3.8, 4) is 0 Å². The van der Waals surface area contributed by atoms with Crippen molar-refractivity contribution >= 4 is 15.9 Å². The number of benzene rings is 1. The van der Waals surface area contributed by atoms with Gasteiger partial charge in [-0.15, -0.1) is 0 Å². The van der Waals surface area contributed by atoms with Gasteiger partial charge in [0, 0.05) is 4.83 Å². The Kier molecular flexibility index (Phi) is 2.44. The van der Waals surface area contributed by atoms with Gasteiger partial charge in [0.05, 0.1) is 0 Å². The third kappa shape index (κ3) is 1.81. The highest BCUT2D eigenvalue weighted by Gasteiger charge is 1.98. The van der Waals surface area contributed by atoms with Crippen LogP contribution in [0.5, 0.6) is 0 Å². The monoisotopic (exact) mass is 201 g/mol. The first-order valence-corrected chi connectivity index (χ1v) is 3.84. The standard InChI is InChI=1S/C8H7BrF/c1-6(9)7-2-4-8(10)5-3-7/h2-6H,1H2. The molecule has 0 saturated heterocycles. The minimum absolute atomic E-state index is 0.0492. The van der Waals surface area contributed by atoms with Gasteiger partial charge in [-0.25, -0.2) is 4.39 Å². The van der Waals surface area contributed by atoms with Gasteiger partial charge in [0.15, 0.2) is 0 Å². The van der Waals surface area contributed by atoms with Crippen LogP contribution in [0.3, 0.4) is 0 Å². The summed E-state index contributed by atoms with van der Waals surface area (Å²) in [4.78, 5) is 0.0492. The van der Waals surface area contributed by atoms with Crippen LogP contribution in [0.2, 0.25) is 0 Å². The van der Waals surface area contributed by atoms with Gasteiger partial charge in [-0.1, -0.05) is 28.1 Å². The Morgan fingerprint density at radius 1 is 1.30 bits per heavy atom. The van der Waals surface area contributed by atoms with E-state index >= 15 is 0 Å². The maximum atomic E-state index is 12.3. The molecule has 53 valence electrons. The van der Waals surface area contributed by atoms with Crippen molar-refractivity contribution in [3.05, 3.63) is 42.6 Å². The molecular weight excluding hydrogens is 195 g/mol. The molecule has 1 atom stereocenters. The lowest BCUT2D eigenvalue weighted by Gasteiger charge is -2.00. The zero-order chi connectivity index (χ0) is 7.56. The molecule has 1 rings (SSSR count). The van der Waals surface area contributed by atoms with Gasteiger partial charge in [-0.3, -0.25) is 0 Å². The summed E-state index contributed by atoms with van der Waals surface area (Å²) >= 11 is 3.27. The van der Waals surface area contributed by atoms with E-state index in [0.717, 1.165) is 5.56 Å². The van der Waals surface area contributed by atoms with Crippen LogP contribution >= 0.6 is 15.9 Å². The van der Waals surface area contributed by atoms with Gasteiger partial charge in [-0.05, 0) is 24.6 Å². The van der Waals surface area contributed by atoms with E-state index in [1.807, 2.05) is 0 Å². The van der Waals surface area contributed by atoms with Crippen LogP contribution in [-0.4, -0.2) is 0 Å². The van der Waals surface area contributed by atoms with Gasteiger partial charge >= 0.3 is 0 Å². The van der Waals surface area contributed by atoms with E-state index in [1.54, 1.807) is 12.1 Å². The van der Waals surface area contributed by atoms with E-state index in [2.05, 4.69) is 22.9 Å². The summed E-state index contributed by atoms with van der Waals surface area (Å²) in [6.45, 7) is 3.73. The molecule has 1 aromatic carbocycles. The van der Waals surface area contributed by atoms with Crippen LogP contribution in [0.1, 0.15) is 10.4 Å². The maximum absolute atomic E-state index is 12.3. The van der Waals surface area contributed by atoms with Gasteiger partial charge in [0.25, 0.3) is 0 Å². The minimum Gasteiger partial charge on any atom is -0.207 e. The summed E-state index contributed by atoms with van der Waals surface area (Å²) in [5, 5.41) is 0. The zero-order valence-electron chi connectivity index (χ0n) is 5.35. The molecule has 0 heterocycles. The van der Waals surface area contributed by atoms with Crippen molar-refractivity contribution in [2.75, 3.05) is 0 Å². The van der Waals surface area contributed by atoms with E-state index in [9.17, 15) is 4.39 Å². The lowest BCUT2D eigenvalue weighted by atomic mass is 10.2. The third-order valence-electron chi connectivity index (χ3n) is 1.23. The topological polar surface area (TPSA) is 0 Å². The number of hydrogen-bond acceptors (Lipinski definition) is 0. The molecule has 0 N–H and O–H groups in total. The van der Waals surface area contributed by atoms with Gasteiger partial charge in [0.2, 0.25) is 0 Å². The zero-order valence-corrected chi connectivity index (χ0v) is 6.94. The van der Waals surface area contributed by atoms with Crippen LogP contribution in [0.25, 0.3) is 0 Å². The highest BCUT2D eigenvalue weighted by molar-refractivity contribution is 9.09. The van der Waals surface area contributed by atoms with E-state index < -0.39 is 0 Å². The Bertz CT molecular complexity index is 203. The summed E-state index contributed by atoms with van der Waals surface area (Å²) in [6, 6.07) is 6.27. The summed E-state index contributed by atoms with van der Waals surface area (Å²) in [6.07, 6.45) is 0. The van der Waals surface area contributed by atoms with E-state index in [-0.39, 0.29) is 10.6 Å². The molecule has 2 heteroatoms. The highest BCUT2D eigenvalue weighted by atomic mass is 79.9. The molecule has 0 amide bonds. The smallest absolute Gasteiger partial charge is 0.123 e. The molecule has 0 bridgehead atoms. The van der Waals surface area contributed by atoms with Crippen LogP contribution < -0.4 is 0 Å². The largest absolute Gasteiger partial charge is 0.207 e. The molecule has 1 unspecified atom stereocenters. The molecular formula is C8H7BrF. The molecule has 0 fully saturated rings. The predicted molar refractivity (Wildman–Crippen MR) is 43.4 cm³/mol. The third-order valence-corrected chi connectivity index (χ3v) is 1.76. The fourth-order valence-electron chi connectivity index (χ4n) is 0.672. The van der Waals surface area contributed by atoms with E-state index in [0.29, 0.717) is 0 Å². The predicted octanol–water partition coefficient (Wildman–Crippen LogP) is 3.10. The molecule has 0 aliphatic carbocycles. The highest BCUT2D eigenvalue weighted by Crippen LogP contribution is 2.20. The molecule has 10 heavy (non-hydrogen) atoms. The Morgan fingerprint density at radius 3 is 2.20 bits per heavy atom. The van der Waals surface area contributed by atoms with Crippen LogP contribution in [0, 0.1) is 12.7 Å². The first-order valence-electron chi connectivity index (χ1n) is 2.93. The summed E-state index contributed by atoms with van der Waals surface area (Å²) in [5.74, 6) is -0.211. The summed E-state index contributed by atoms with van der Waals surface area (Å²) in [7, 11) is 0. The molecule has 0 saturated carbocycles. The quantitative estimate of drug-likeness (QED) is 0.613. The normalized spacial score (nSPS) is 13.1. The molecule has 0 aliphatic rings. The fourth-order valence-corrected chi connectivity index (χ4v) is 0.977. The van der Waals surface area contributed by atoms with E-state index in [4.69, 9.17) is 0 Å². The molecule has 1 aromatic rings. The molecule has 0 spiro atoms. The SMILES string of the molecule is [CH2]C(Br)c1ccc(F)cc1. The maximum Gasteiger partial charge on any atom is 0.123 e. The van der Waals surface area contributed by atoms with Crippen LogP contribution in [0.4, 0.5) is 4.39 Å². The lowest BCUT2D eigenvalue weighted by molar-refractivity contribution is 0.627. The van der Waals surface area contributed by atoms with Crippen LogP contribution in [-0.2, 0) is 0 Å². The number of alkyl halides is 1. The number of rotatable bonds is 1. The van der Waals surface area contributed by atoms with Crippen molar-refractivity contribution in [3.63, 3.8) is 0 Å². The van der Waals surface area contributed by atoms with Crippen molar-refractivity contribution in [1.82, 2.24) is 0 Å². The molecule has 0 aromatic heterocycles. The van der Waals surface area contributed by atoms with Gasteiger partial charge in [0.1, 0.15) is 5.82 Å². The summed E-state index contributed by atoms with van der Waals surface area (Å²) < 4.78 is 12.3. The molecule has 0 aliphatic heterocycles.